The normalized spacial score (nSPS) is 9.20. The van der Waals surface area contributed by atoms with E-state index in [1.165, 1.54) is 6.20 Å². The molecule has 84 valence electrons. The van der Waals surface area contributed by atoms with Gasteiger partial charge >= 0.3 is 0 Å². The second-order valence-electron chi connectivity index (χ2n) is 2.57. The van der Waals surface area contributed by atoms with Crippen LogP contribution in [0.25, 0.3) is 0 Å². The Morgan fingerprint density at radius 2 is 2.33 bits per heavy atom. The van der Waals surface area contributed by atoms with E-state index in [2.05, 4.69) is 9.97 Å². The Balaban J connectivity index is 0.00000196. The number of anilines is 1. The molecule has 1 rings (SSSR count). The number of aromatic nitrogens is 2. The van der Waals surface area contributed by atoms with Crippen molar-refractivity contribution in [2.24, 2.45) is 0 Å². The molecule has 7 heteroatoms. The third kappa shape index (κ3) is 3.89. The van der Waals surface area contributed by atoms with Crippen molar-refractivity contribution >= 4 is 35.2 Å². The Labute approximate surface area is 98.4 Å². The van der Waals surface area contributed by atoms with Crippen LogP contribution in [0.15, 0.2) is 6.20 Å². The van der Waals surface area contributed by atoms with E-state index < -0.39 is 5.24 Å². The van der Waals surface area contributed by atoms with E-state index in [4.69, 9.17) is 22.1 Å². The van der Waals surface area contributed by atoms with Crippen LogP contribution in [0, 0.1) is 0 Å². The van der Waals surface area contributed by atoms with Crippen molar-refractivity contribution < 1.29 is 9.53 Å². The van der Waals surface area contributed by atoms with Crippen LogP contribution in [-0.4, -0.2) is 21.8 Å². The van der Waals surface area contributed by atoms with E-state index in [-0.39, 0.29) is 29.8 Å². The molecule has 0 saturated carbocycles. The van der Waals surface area contributed by atoms with Crippen LogP contribution >= 0.6 is 24.0 Å². The number of hydrogen-bond donors (Lipinski definition) is 1. The van der Waals surface area contributed by atoms with Gasteiger partial charge in [0.1, 0.15) is 5.56 Å². The fourth-order valence-electron chi connectivity index (χ4n) is 0.823. The van der Waals surface area contributed by atoms with E-state index in [0.29, 0.717) is 6.61 Å². The Kier molecular flexibility index (Phi) is 5.96. The summed E-state index contributed by atoms with van der Waals surface area (Å²) in [4.78, 5) is 18.3. The van der Waals surface area contributed by atoms with Crippen molar-refractivity contribution in [1.82, 2.24) is 9.97 Å². The van der Waals surface area contributed by atoms with Gasteiger partial charge in [0.05, 0.1) is 6.61 Å². The second kappa shape index (κ2) is 6.42. The Morgan fingerprint density at radius 3 is 2.87 bits per heavy atom. The highest BCUT2D eigenvalue weighted by molar-refractivity contribution is 6.68. The Morgan fingerprint density at radius 1 is 1.67 bits per heavy atom. The average Bonchev–Trinajstić information content (AvgIpc) is 2.14. The molecule has 0 amide bonds. The summed E-state index contributed by atoms with van der Waals surface area (Å²) in [5.41, 5.74) is 5.48. The van der Waals surface area contributed by atoms with Crippen molar-refractivity contribution in [1.29, 1.82) is 0 Å². The van der Waals surface area contributed by atoms with Gasteiger partial charge in [-0.25, -0.2) is 4.98 Å². The molecule has 0 spiro atoms. The zero-order chi connectivity index (χ0) is 10.6. The van der Waals surface area contributed by atoms with Crippen molar-refractivity contribution in [2.75, 3.05) is 12.3 Å². The topological polar surface area (TPSA) is 78.1 Å². The molecule has 0 aromatic carbocycles. The van der Waals surface area contributed by atoms with Crippen LogP contribution in [0.1, 0.15) is 23.7 Å². The third-order valence-electron chi connectivity index (χ3n) is 1.43. The highest BCUT2D eigenvalue weighted by atomic mass is 35.5. The van der Waals surface area contributed by atoms with Crippen LogP contribution in [0.3, 0.4) is 0 Å². The fraction of sp³-hybridized carbons (Fsp3) is 0.375. The third-order valence-corrected chi connectivity index (χ3v) is 1.63. The lowest BCUT2D eigenvalue weighted by molar-refractivity contribution is 0.107. The van der Waals surface area contributed by atoms with Crippen LogP contribution in [0.4, 0.5) is 5.95 Å². The molecule has 5 nitrogen and oxygen atoms in total. The SMILES string of the molecule is CCCOc1nc(N)ncc1C(=O)Cl.Cl. The summed E-state index contributed by atoms with van der Waals surface area (Å²) in [5, 5.41) is -0.656. The predicted molar refractivity (Wildman–Crippen MR) is 59.7 cm³/mol. The standard InChI is InChI=1S/C8H10ClN3O2.ClH/c1-2-3-14-7-5(6(9)13)4-11-8(10)12-7;/h4H,2-3H2,1H3,(H2,10,11,12);1H. The first-order chi connectivity index (χ1) is 6.65. The van der Waals surface area contributed by atoms with E-state index in [9.17, 15) is 4.79 Å². The summed E-state index contributed by atoms with van der Waals surface area (Å²) in [6.07, 6.45) is 2.06. The number of carbonyl (C=O) groups is 1. The number of rotatable bonds is 4. The summed E-state index contributed by atoms with van der Waals surface area (Å²) in [6, 6.07) is 0. The lowest BCUT2D eigenvalue weighted by Gasteiger charge is -2.06. The van der Waals surface area contributed by atoms with Gasteiger partial charge in [-0.1, -0.05) is 6.92 Å². The molecule has 15 heavy (non-hydrogen) atoms. The fourth-order valence-corrected chi connectivity index (χ4v) is 0.952. The molecule has 1 heterocycles. The summed E-state index contributed by atoms with van der Waals surface area (Å²) in [7, 11) is 0. The van der Waals surface area contributed by atoms with Gasteiger partial charge in [-0.15, -0.1) is 12.4 Å². The molecular weight excluding hydrogens is 241 g/mol. The lowest BCUT2D eigenvalue weighted by Crippen LogP contribution is -2.06. The molecule has 2 N–H and O–H groups in total. The zero-order valence-electron chi connectivity index (χ0n) is 8.07. The van der Waals surface area contributed by atoms with Gasteiger partial charge in [0.2, 0.25) is 11.8 Å². The molecule has 0 atom stereocenters. The van der Waals surface area contributed by atoms with Gasteiger partial charge in [0.25, 0.3) is 5.24 Å². The maximum Gasteiger partial charge on any atom is 0.259 e. The summed E-state index contributed by atoms with van der Waals surface area (Å²) < 4.78 is 5.19. The highest BCUT2D eigenvalue weighted by Gasteiger charge is 2.12. The van der Waals surface area contributed by atoms with Crippen molar-refractivity contribution in [3.8, 4) is 5.88 Å². The number of nitrogens with two attached hydrogens (primary N) is 1. The smallest absolute Gasteiger partial charge is 0.259 e. The first-order valence-corrected chi connectivity index (χ1v) is 4.48. The summed E-state index contributed by atoms with van der Waals surface area (Å²) in [6.45, 7) is 2.39. The average molecular weight is 252 g/mol. The maximum atomic E-state index is 10.9. The van der Waals surface area contributed by atoms with Gasteiger partial charge in [0, 0.05) is 6.20 Å². The molecular formula is C8H11Cl2N3O2. The minimum atomic E-state index is -0.656. The molecule has 0 bridgehead atoms. The number of hydrogen-bond acceptors (Lipinski definition) is 5. The van der Waals surface area contributed by atoms with E-state index >= 15 is 0 Å². The molecule has 0 aliphatic heterocycles. The van der Waals surface area contributed by atoms with E-state index in [1.54, 1.807) is 0 Å². The molecule has 0 radical (unpaired) electrons. The molecule has 0 saturated heterocycles. The highest BCUT2D eigenvalue weighted by Crippen LogP contribution is 2.17. The first kappa shape index (κ1) is 13.9. The number of halogens is 2. The monoisotopic (exact) mass is 251 g/mol. The van der Waals surface area contributed by atoms with Gasteiger partial charge < -0.3 is 10.5 Å². The van der Waals surface area contributed by atoms with Crippen LogP contribution in [0.2, 0.25) is 0 Å². The number of nitrogens with zero attached hydrogens (tertiary/aromatic N) is 2. The molecule has 1 aromatic rings. The molecule has 1 aromatic heterocycles. The summed E-state index contributed by atoms with van der Waals surface area (Å²) >= 11 is 5.30. The number of ether oxygens (including phenoxy) is 1. The molecule has 0 aliphatic rings. The Hall–Kier alpha value is -1.07. The van der Waals surface area contributed by atoms with Gasteiger partial charge in [0.15, 0.2) is 0 Å². The lowest BCUT2D eigenvalue weighted by atomic mass is 10.3. The van der Waals surface area contributed by atoms with E-state index in [0.717, 1.165) is 6.42 Å². The largest absolute Gasteiger partial charge is 0.477 e. The maximum absolute atomic E-state index is 10.9. The van der Waals surface area contributed by atoms with Gasteiger partial charge in [-0.2, -0.15) is 4.98 Å². The Bertz CT molecular complexity index is 347. The van der Waals surface area contributed by atoms with Crippen LogP contribution in [0.5, 0.6) is 5.88 Å². The van der Waals surface area contributed by atoms with Crippen molar-refractivity contribution in [3.05, 3.63) is 11.8 Å². The number of carbonyl (C=O) groups excluding carboxylic acids is 1. The van der Waals surface area contributed by atoms with E-state index in [1.807, 2.05) is 6.92 Å². The van der Waals surface area contributed by atoms with Crippen molar-refractivity contribution in [3.63, 3.8) is 0 Å². The summed E-state index contributed by atoms with van der Waals surface area (Å²) in [5.74, 6) is 0.192. The predicted octanol–water partition coefficient (Wildman–Crippen LogP) is 1.65. The molecule has 0 fully saturated rings. The minimum Gasteiger partial charge on any atom is -0.477 e. The second-order valence-corrected chi connectivity index (χ2v) is 2.91. The van der Waals surface area contributed by atoms with Gasteiger partial charge in [-0.05, 0) is 18.0 Å². The number of nitrogen functional groups attached to an aromatic ring is 1. The van der Waals surface area contributed by atoms with Gasteiger partial charge in [-0.3, -0.25) is 4.79 Å². The molecule has 0 aliphatic carbocycles. The van der Waals surface area contributed by atoms with Crippen LogP contribution < -0.4 is 10.5 Å². The van der Waals surface area contributed by atoms with Crippen LogP contribution in [-0.2, 0) is 0 Å². The van der Waals surface area contributed by atoms with Crippen molar-refractivity contribution in [2.45, 2.75) is 13.3 Å². The quantitative estimate of drug-likeness (QED) is 0.824. The first-order valence-electron chi connectivity index (χ1n) is 4.10. The minimum absolute atomic E-state index is 0. The zero-order valence-corrected chi connectivity index (χ0v) is 9.64. The molecule has 0 unspecified atom stereocenters.